The Labute approximate surface area is 90.2 Å². The quantitative estimate of drug-likeness (QED) is 0.812. The molecule has 2 nitrogen and oxygen atoms in total. The molecule has 0 saturated heterocycles. The summed E-state index contributed by atoms with van der Waals surface area (Å²) >= 11 is 5.81. The summed E-state index contributed by atoms with van der Waals surface area (Å²) in [5, 5.41) is 3.87. The Balaban J connectivity index is 2.71. The number of benzene rings is 1. The first-order valence-corrected chi connectivity index (χ1v) is 5.17. The van der Waals surface area contributed by atoms with Crippen molar-refractivity contribution in [2.24, 2.45) is 0 Å². The summed E-state index contributed by atoms with van der Waals surface area (Å²) < 4.78 is 5.60. The van der Waals surface area contributed by atoms with Crippen LogP contribution in [0.5, 0.6) is 0 Å². The normalized spacial score (nSPS) is 12.8. The first-order valence-electron chi connectivity index (χ1n) is 4.79. The second kappa shape index (κ2) is 6.02. The zero-order chi connectivity index (χ0) is 10.4. The molecule has 1 aromatic carbocycles. The lowest BCUT2D eigenvalue weighted by atomic mass is 10.1. The van der Waals surface area contributed by atoms with E-state index in [0.717, 1.165) is 23.7 Å². The Hall–Kier alpha value is -0.570. The maximum atomic E-state index is 5.81. The van der Waals surface area contributed by atoms with Crippen molar-refractivity contribution in [2.45, 2.75) is 13.0 Å². The van der Waals surface area contributed by atoms with Gasteiger partial charge < -0.3 is 10.1 Å². The maximum Gasteiger partial charge on any atom is 0.0948 e. The van der Waals surface area contributed by atoms with Gasteiger partial charge in [-0.25, -0.2) is 0 Å². The molecule has 14 heavy (non-hydrogen) atoms. The molecule has 0 radical (unpaired) electrons. The lowest BCUT2D eigenvalue weighted by Crippen LogP contribution is -2.19. The van der Waals surface area contributed by atoms with E-state index in [1.165, 1.54) is 0 Å². The Morgan fingerprint density at radius 3 is 2.50 bits per heavy atom. The summed E-state index contributed by atoms with van der Waals surface area (Å²) in [7, 11) is 1.92. The van der Waals surface area contributed by atoms with Gasteiger partial charge in [0.05, 0.1) is 6.10 Å². The van der Waals surface area contributed by atoms with Crippen LogP contribution in [-0.4, -0.2) is 20.2 Å². The first-order chi connectivity index (χ1) is 6.77. The van der Waals surface area contributed by atoms with Crippen molar-refractivity contribution >= 4 is 11.6 Å². The number of likely N-dealkylation sites (N-methyl/N-ethyl adjacent to an activating group) is 1. The van der Waals surface area contributed by atoms with E-state index >= 15 is 0 Å². The van der Waals surface area contributed by atoms with Crippen LogP contribution in [0.15, 0.2) is 24.3 Å². The average Bonchev–Trinajstić information content (AvgIpc) is 2.19. The van der Waals surface area contributed by atoms with Crippen LogP contribution in [0, 0.1) is 0 Å². The molecule has 1 atom stereocenters. The molecule has 1 N–H and O–H groups in total. The third-order valence-corrected chi connectivity index (χ3v) is 2.25. The van der Waals surface area contributed by atoms with E-state index in [0.29, 0.717) is 0 Å². The third-order valence-electron chi connectivity index (χ3n) is 2.00. The molecule has 0 heterocycles. The molecule has 0 fully saturated rings. The minimum absolute atomic E-state index is 0.113. The lowest BCUT2D eigenvalue weighted by Gasteiger charge is -2.16. The van der Waals surface area contributed by atoms with E-state index in [4.69, 9.17) is 16.3 Å². The highest BCUT2D eigenvalue weighted by molar-refractivity contribution is 6.30. The number of nitrogens with one attached hydrogen (secondary N) is 1. The SMILES string of the molecule is CCO[C@@H](CNC)c1ccc(Cl)cc1. The fourth-order valence-electron chi connectivity index (χ4n) is 1.34. The molecule has 0 aromatic heterocycles. The minimum atomic E-state index is 0.113. The number of rotatable bonds is 5. The summed E-state index contributed by atoms with van der Waals surface area (Å²) in [6.45, 7) is 3.53. The highest BCUT2D eigenvalue weighted by Crippen LogP contribution is 2.18. The smallest absolute Gasteiger partial charge is 0.0948 e. The fourth-order valence-corrected chi connectivity index (χ4v) is 1.46. The molecule has 0 spiro atoms. The molecule has 1 aromatic rings. The van der Waals surface area contributed by atoms with Crippen LogP contribution in [0.3, 0.4) is 0 Å². The summed E-state index contributed by atoms with van der Waals surface area (Å²) in [5.74, 6) is 0. The van der Waals surface area contributed by atoms with Crippen LogP contribution < -0.4 is 5.32 Å². The molecule has 0 amide bonds. The zero-order valence-electron chi connectivity index (χ0n) is 8.59. The van der Waals surface area contributed by atoms with Gasteiger partial charge in [-0.1, -0.05) is 23.7 Å². The monoisotopic (exact) mass is 213 g/mol. The number of hydrogen-bond donors (Lipinski definition) is 1. The summed E-state index contributed by atoms with van der Waals surface area (Å²) in [6, 6.07) is 7.77. The second-order valence-corrected chi connectivity index (χ2v) is 3.49. The molecule has 0 bridgehead atoms. The average molecular weight is 214 g/mol. The second-order valence-electron chi connectivity index (χ2n) is 3.05. The van der Waals surface area contributed by atoms with Crippen molar-refractivity contribution in [3.05, 3.63) is 34.9 Å². The molecular weight excluding hydrogens is 198 g/mol. The molecule has 1 rings (SSSR count). The van der Waals surface area contributed by atoms with Gasteiger partial charge in [0, 0.05) is 18.2 Å². The molecule has 78 valence electrons. The summed E-state index contributed by atoms with van der Waals surface area (Å²) in [5.41, 5.74) is 1.16. The molecule has 0 aliphatic heterocycles. The number of hydrogen-bond acceptors (Lipinski definition) is 2. The molecule has 0 aliphatic rings. The Morgan fingerprint density at radius 1 is 1.36 bits per heavy atom. The van der Waals surface area contributed by atoms with Gasteiger partial charge in [0.2, 0.25) is 0 Å². The van der Waals surface area contributed by atoms with Crippen LogP contribution in [-0.2, 0) is 4.74 Å². The first kappa shape index (κ1) is 11.5. The summed E-state index contributed by atoms with van der Waals surface area (Å²) in [4.78, 5) is 0. The highest BCUT2D eigenvalue weighted by Gasteiger charge is 2.09. The van der Waals surface area contributed by atoms with Gasteiger partial charge >= 0.3 is 0 Å². The molecule has 0 unspecified atom stereocenters. The van der Waals surface area contributed by atoms with E-state index in [9.17, 15) is 0 Å². The van der Waals surface area contributed by atoms with Crippen LogP contribution in [0.4, 0.5) is 0 Å². The van der Waals surface area contributed by atoms with E-state index in [2.05, 4.69) is 5.32 Å². The largest absolute Gasteiger partial charge is 0.372 e. The lowest BCUT2D eigenvalue weighted by molar-refractivity contribution is 0.0638. The third kappa shape index (κ3) is 3.29. The van der Waals surface area contributed by atoms with Gasteiger partial charge in [0.25, 0.3) is 0 Å². The van der Waals surface area contributed by atoms with Crippen molar-refractivity contribution in [3.8, 4) is 0 Å². The number of ether oxygens (including phenoxy) is 1. The predicted octanol–water partition coefficient (Wildman–Crippen LogP) is 2.64. The molecule has 0 aliphatic carbocycles. The van der Waals surface area contributed by atoms with Crippen molar-refractivity contribution in [1.29, 1.82) is 0 Å². The number of halogens is 1. The predicted molar refractivity (Wildman–Crippen MR) is 59.7 cm³/mol. The van der Waals surface area contributed by atoms with E-state index in [1.54, 1.807) is 0 Å². The van der Waals surface area contributed by atoms with Crippen molar-refractivity contribution < 1.29 is 4.74 Å². The van der Waals surface area contributed by atoms with Gasteiger partial charge in [0.15, 0.2) is 0 Å². The van der Waals surface area contributed by atoms with Crippen LogP contribution in [0.2, 0.25) is 5.02 Å². The Morgan fingerprint density at radius 2 is 2.00 bits per heavy atom. The standard InChI is InChI=1S/C11H16ClNO/c1-3-14-11(8-13-2)9-4-6-10(12)7-5-9/h4-7,11,13H,3,8H2,1-2H3/t11-/m0/s1. The van der Waals surface area contributed by atoms with Crippen molar-refractivity contribution in [2.75, 3.05) is 20.2 Å². The highest BCUT2D eigenvalue weighted by atomic mass is 35.5. The van der Waals surface area contributed by atoms with Gasteiger partial charge in [-0.3, -0.25) is 0 Å². The van der Waals surface area contributed by atoms with E-state index < -0.39 is 0 Å². The van der Waals surface area contributed by atoms with Gasteiger partial charge in [-0.2, -0.15) is 0 Å². The van der Waals surface area contributed by atoms with E-state index in [1.807, 2.05) is 38.2 Å². The molecular formula is C11H16ClNO. The van der Waals surface area contributed by atoms with Gasteiger partial charge in [0.1, 0.15) is 0 Å². The zero-order valence-corrected chi connectivity index (χ0v) is 9.34. The van der Waals surface area contributed by atoms with Crippen LogP contribution in [0.1, 0.15) is 18.6 Å². The molecule has 0 saturated carbocycles. The fraction of sp³-hybridized carbons (Fsp3) is 0.455. The topological polar surface area (TPSA) is 21.3 Å². The van der Waals surface area contributed by atoms with Crippen LogP contribution >= 0.6 is 11.6 Å². The van der Waals surface area contributed by atoms with E-state index in [-0.39, 0.29) is 6.10 Å². The van der Waals surface area contributed by atoms with Gasteiger partial charge in [-0.15, -0.1) is 0 Å². The summed E-state index contributed by atoms with van der Waals surface area (Å²) in [6.07, 6.45) is 0.113. The van der Waals surface area contributed by atoms with Gasteiger partial charge in [-0.05, 0) is 31.7 Å². The van der Waals surface area contributed by atoms with Crippen LogP contribution in [0.25, 0.3) is 0 Å². The molecule has 3 heteroatoms. The van der Waals surface area contributed by atoms with Crippen molar-refractivity contribution in [1.82, 2.24) is 5.32 Å². The maximum absolute atomic E-state index is 5.81. The Bertz CT molecular complexity index is 254. The Kier molecular flexibility index (Phi) is 4.94. The van der Waals surface area contributed by atoms with Crippen molar-refractivity contribution in [3.63, 3.8) is 0 Å². The minimum Gasteiger partial charge on any atom is -0.372 e.